The van der Waals surface area contributed by atoms with Crippen LogP contribution in [0.2, 0.25) is 0 Å². The first-order valence-corrected chi connectivity index (χ1v) is 8.79. The second-order valence-corrected chi connectivity index (χ2v) is 7.52. The van der Waals surface area contributed by atoms with Crippen molar-refractivity contribution in [2.45, 2.75) is 24.4 Å². The molecule has 1 aromatic heterocycles. The first-order chi connectivity index (χ1) is 10.6. The molecule has 0 saturated carbocycles. The zero-order valence-electron chi connectivity index (χ0n) is 12.5. The molecule has 0 spiro atoms. The van der Waals surface area contributed by atoms with E-state index < -0.39 is 10.0 Å². The summed E-state index contributed by atoms with van der Waals surface area (Å²) >= 11 is 0. The summed E-state index contributed by atoms with van der Waals surface area (Å²) in [6, 6.07) is 10.0. The minimum absolute atomic E-state index is 0.169. The Bertz CT molecular complexity index is 727. The van der Waals surface area contributed by atoms with Gasteiger partial charge in [0.1, 0.15) is 4.90 Å². The number of rotatable bonds is 4. The summed E-state index contributed by atoms with van der Waals surface area (Å²) in [5, 5.41) is 7.43. The van der Waals surface area contributed by atoms with Crippen molar-refractivity contribution in [3.8, 4) is 0 Å². The third kappa shape index (κ3) is 3.21. The van der Waals surface area contributed by atoms with Crippen LogP contribution in [0.15, 0.2) is 47.6 Å². The molecule has 1 aromatic carbocycles. The van der Waals surface area contributed by atoms with E-state index in [4.69, 9.17) is 0 Å². The van der Waals surface area contributed by atoms with Gasteiger partial charge < -0.3 is 5.32 Å². The fourth-order valence-corrected chi connectivity index (χ4v) is 4.08. The summed E-state index contributed by atoms with van der Waals surface area (Å²) in [4.78, 5) is 0.262. The van der Waals surface area contributed by atoms with Gasteiger partial charge in [-0.15, -0.1) is 0 Å². The molecular formula is C15H20N4O2S. The van der Waals surface area contributed by atoms with Gasteiger partial charge >= 0.3 is 0 Å². The number of nitrogens with zero attached hydrogens (tertiary/aromatic N) is 3. The minimum Gasteiger partial charge on any atom is -0.312 e. The van der Waals surface area contributed by atoms with Crippen molar-refractivity contribution in [3.63, 3.8) is 0 Å². The first kappa shape index (κ1) is 15.2. The van der Waals surface area contributed by atoms with Crippen LogP contribution in [-0.2, 0) is 16.6 Å². The van der Waals surface area contributed by atoms with E-state index in [9.17, 15) is 8.42 Å². The van der Waals surface area contributed by atoms with E-state index in [2.05, 4.69) is 10.4 Å². The third-order valence-electron chi connectivity index (χ3n) is 3.77. The van der Waals surface area contributed by atoms with Gasteiger partial charge in [-0.05, 0) is 12.5 Å². The molecule has 118 valence electrons. The number of piperazine rings is 1. The van der Waals surface area contributed by atoms with Gasteiger partial charge in [0.05, 0.1) is 12.7 Å². The Morgan fingerprint density at radius 2 is 2.09 bits per heavy atom. The summed E-state index contributed by atoms with van der Waals surface area (Å²) in [7, 11) is -3.46. The van der Waals surface area contributed by atoms with Crippen molar-refractivity contribution < 1.29 is 8.42 Å². The van der Waals surface area contributed by atoms with Crippen LogP contribution < -0.4 is 5.32 Å². The molecule has 7 heteroatoms. The van der Waals surface area contributed by atoms with Crippen LogP contribution in [0, 0.1) is 0 Å². The molecular weight excluding hydrogens is 300 g/mol. The number of sulfonamides is 1. The van der Waals surface area contributed by atoms with Crippen molar-refractivity contribution in [1.29, 1.82) is 0 Å². The Balaban J connectivity index is 1.77. The van der Waals surface area contributed by atoms with Crippen LogP contribution in [0.5, 0.6) is 0 Å². The van der Waals surface area contributed by atoms with Crippen molar-refractivity contribution in [2.24, 2.45) is 0 Å². The summed E-state index contributed by atoms with van der Waals surface area (Å²) < 4.78 is 28.5. The van der Waals surface area contributed by atoms with E-state index in [0.717, 1.165) is 5.56 Å². The number of hydrogen-bond acceptors (Lipinski definition) is 4. The van der Waals surface area contributed by atoms with Gasteiger partial charge in [-0.1, -0.05) is 30.3 Å². The monoisotopic (exact) mass is 320 g/mol. The lowest BCUT2D eigenvalue weighted by Gasteiger charge is -2.30. The summed E-state index contributed by atoms with van der Waals surface area (Å²) in [5.74, 6) is 0. The molecule has 1 fully saturated rings. The lowest BCUT2D eigenvalue weighted by atomic mass is 10.2. The Kier molecular flexibility index (Phi) is 4.28. The molecule has 1 aliphatic heterocycles. The number of hydrogen-bond donors (Lipinski definition) is 1. The van der Waals surface area contributed by atoms with E-state index in [1.807, 2.05) is 37.3 Å². The van der Waals surface area contributed by atoms with Crippen LogP contribution in [0.3, 0.4) is 0 Å². The standard InChI is InChI=1S/C15H20N4O2S/c1-13-10-19(8-7-16-13)22(20,21)15-9-17-18(12-15)11-14-5-3-2-4-6-14/h2-6,9,12-13,16H,7-8,10-11H2,1H3. The van der Waals surface area contributed by atoms with E-state index in [1.165, 1.54) is 10.5 Å². The fourth-order valence-electron chi connectivity index (χ4n) is 2.60. The summed E-state index contributed by atoms with van der Waals surface area (Å²) in [6.07, 6.45) is 3.04. The SMILES string of the molecule is CC1CN(S(=O)(=O)c2cnn(Cc3ccccc3)c2)CCN1. The zero-order valence-corrected chi connectivity index (χ0v) is 13.3. The van der Waals surface area contributed by atoms with Crippen molar-refractivity contribution in [2.75, 3.05) is 19.6 Å². The molecule has 2 heterocycles. The molecule has 1 saturated heterocycles. The van der Waals surface area contributed by atoms with Gasteiger partial charge in [-0.2, -0.15) is 9.40 Å². The largest absolute Gasteiger partial charge is 0.312 e. The molecule has 0 radical (unpaired) electrons. The van der Waals surface area contributed by atoms with Gasteiger partial charge in [-0.3, -0.25) is 4.68 Å². The maximum atomic E-state index is 12.6. The van der Waals surface area contributed by atoms with Crippen LogP contribution in [0.4, 0.5) is 0 Å². The smallest absolute Gasteiger partial charge is 0.246 e. The Labute approximate surface area is 130 Å². The van der Waals surface area contributed by atoms with Crippen molar-refractivity contribution in [1.82, 2.24) is 19.4 Å². The van der Waals surface area contributed by atoms with Crippen LogP contribution >= 0.6 is 0 Å². The van der Waals surface area contributed by atoms with Crippen LogP contribution in [0.25, 0.3) is 0 Å². The number of aromatic nitrogens is 2. The van der Waals surface area contributed by atoms with E-state index in [0.29, 0.717) is 26.2 Å². The Morgan fingerprint density at radius 3 is 2.82 bits per heavy atom. The number of benzene rings is 1. The van der Waals surface area contributed by atoms with Gasteiger partial charge in [0.15, 0.2) is 0 Å². The van der Waals surface area contributed by atoms with Gasteiger partial charge in [0.25, 0.3) is 0 Å². The second-order valence-electron chi connectivity index (χ2n) is 5.58. The molecule has 1 unspecified atom stereocenters. The highest BCUT2D eigenvalue weighted by molar-refractivity contribution is 7.89. The molecule has 0 amide bonds. The van der Waals surface area contributed by atoms with Gasteiger partial charge in [0.2, 0.25) is 10.0 Å². The minimum atomic E-state index is -3.46. The predicted octanol–water partition coefficient (Wildman–Crippen LogP) is 0.914. The van der Waals surface area contributed by atoms with E-state index in [1.54, 1.807) is 10.9 Å². The zero-order chi connectivity index (χ0) is 15.6. The molecule has 1 atom stereocenters. The highest BCUT2D eigenvalue weighted by atomic mass is 32.2. The molecule has 22 heavy (non-hydrogen) atoms. The summed E-state index contributed by atoms with van der Waals surface area (Å²) in [5.41, 5.74) is 1.09. The van der Waals surface area contributed by atoms with Crippen LogP contribution in [0.1, 0.15) is 12.5 Å². The number of nitrogens with one attached hydrogen (secondary N) is 1. The van der Waals surface area contributed by atoms with Gasteiger partial charge in [-0.25, -0.2) is 8.42 Å². The molecule has 0 aliphatic carbocycles. The third-order valence-corrected chi connectivity index (χ3v) is 5.58. The quantitative estimate of drug-likeness (QED) is 0.909. The second kappa shape index (κ2) is 6.20. The topological polar surface area (TPSA) is 67.2 Å². The fraction of sp³-hybridized carbons (Fsp3) is 0.400. The molecule has 1 N–H and O–H groups in total. The Hall–Kier alpha value is -1.70. The average Bonchev–Trinajstić information content (AvgIpc) is 2.97. The summed E-state index contributed by atoms with van der Waals surface area (Å²) in [6.45, 7) is 4.22. The lowest BCUT2D eigenvalue weighted by Crippen LogP contribution is -2.51. The molecule has 2 aromatic rings. The first-order valence-electron chi connectivity index (χ1n) is 7.35. The maximum absolute atomic E-state index is 12.6. The lowest BCUT2D eigenvalue weighted by molar-refractivity contribution is 0.310. The van der Waals surface area contributed by atoms with E-state index in [-0.39, 0.29) is 10.9 Å². The normalized spacial score (nSPS) is 20.1. The van der Waals surface area contributed by atoms with Gasteiger partial charge in [0, 0.05) is 31.9 Å². The Morgan fingerprint density at radius 1 is 1.32 bits per heavy atom. The maximum Gasteiger partial charge on any atom is 0.246 e. The molecule has 0 bridgehead atoms. The van der Waals surface area contributed by atoms with Crippen molar-refractivity contribution >= 4 is 10.0 Å². The van der Waals surface area contributed by atoms with E-state index >= 15 is 0 Å². The highest BCUT2D eigenvalue weighted by Crippen LogP contribution is 2.17. The molecule has 1 aliphatic rings. The molecule has 6 nitrogen and oxygen atoms in total. The molecule has 3 rings (SSSR count). The highest BCUT2D eigenvalue weighted by Gasteiger charge is 2.29. The van der Waals surface area contributed by atoms with Crippen molar-refractivity contribution in [3.05, 3.63) is 48.3 Å². The predicted molar refractivity (Wildman–Crippen MR) is 84.0 cm³/mol. The van der Waals surface area contributed by atoms with Crippen LogP contribution in [-0.4, -0.2) is 48.2 Å². The average molecular weight is 320 g/mol.